The quantitative estimate of drug-likeness (QED) is 0.533. The van der Waals surface area contributed by atoms with E-state index in [0.717, 1.165) is 22.7 Å². The number of carbonyl (C=O) groups is 1. The Morgan fingerprint density at radius 3 is 2.93 bits per heavy atom. The van der Waals surface area contributed by atoms with E-state index in [4.69, 9.17) is 11.6 Å². The molecule has 1 aliphatic heterocycles. The molecule has 0 radical (unpaired) electrons. The van der Waals surface area contributed by atoms with Gasteiger partial charge in [0.25, 0.3) is 5.91 Å². The predicted octanol–water partition coefficient (Wildman–Crippen LogP) is 2.30. The molecule has 0 spiro atoms. The monoisotopic (exact) mass is 379 g/mol. The summed E-state index contributed by atoms with van der Waals surface area (Å²) in [6.45, 7) is 1.57. The molecule has 0 bridgehead atoms. The number of fused-ring (bicyclic) bond motifs is 2. The molecule has 0 N–H and O–H groups in total. The van der Waals surface area contributed by atoms with Gasteiger partial charge in [0, 0.05) is 37.2 Å². The lowest BCUT2D eigenvalue weighted by Crippen LogP contribution is -2.38. The summed E-state index contributed by atoms with van der Waals surface area (Å²) in [5.74, 6) is 1.39. The van der Waals surface area contributed by atoms with Crippen LogP contribution in [0.3, 0.4) is 0 Å². The molecule has 0 fully saturated rings. The Balaban J connectivity index is 1.42. The lowest BCUT2D eigenvalue weighted by atomic mass is 10.2. The molecule has 4 aromatic heterocycles. The zero-order valence-corrected chi connectivity index (χ0v) is 14.9. The van der Waals surface area contributed by atoms with E-state index in [1.807, 2.05) is 22.8 Å². The molecule has 0 aliphatic carbocycles. The Labute approximate surface area is 159 Å². The summed E-state index contributed by atoms with van der Waals surface area (Å²) in [6, 6.07) is 9.18. The molecule has 0 saturated carbocycles. The first kappa shape index (κ1) is 16.0. The van der Waals surface area contributed by atoms with E-state index in [-0.39, 0.29) is 5.91 Å². The minimum Gasteiger partial charge on any atom is -0.328 e. The Bertz CT molecular complexity index is 1150. The summed E-state index contributed by atoms with van der Waals surface area (Å²) < 4.78 is 3.65. The lowest BCUT2D eigenvalue weighted by Gasteiger charge is -2.27. The second-order valence-electron chi connectivity index (χ2n) is 6.31. The van der Waals surface area contributed by atoms with Gasteiger partial charge in [-0.2, -0.15) is 5.10 Å². The standard InChI is InChI=1S/C18H14ClN7O/c19-13-3-4-14-8-15(23-26(14)10-13)18(27)24-6-7-25-16(11-24)21-22-17(25)12-2-1-5-20-9-12/h1-5,8-10H,6-7,11H2. The third kappa shape index (κ3) is 2.74. The first-order chi connectivity index (χ1) is 13.2. The van der Waals surface area contributed by atoms with Crippen molar-refractivity contribution in [1.82, 2.24) is 34.3 Å². The highest BCUT2D eigenvalue weighted by Gasteiger charge is 2.27. The number of rotatable bonds is 2. The highest BCUT2D eigenvalue weighted by molar-refractivity contribution is 6.30. The van der Waals surface area contributed by atoms with Crippen LogP contribution in [0.15, 0.2) is 48.9 Å². The molecule has 0 saturated heterocycles. The van der Waals surface area contributed by atoms with Gasteiger partial charge in [0.1, 0.15) is 0 Å². The van der Waals surface area contributed by atoms with Gasteiger partial charge in [-0.15, -0.1) is 10.2 Å². The molecule has 8 nitrogen and oxygen atoms in total. The van der Waals surface area contributed by atoms with Crippen LogP contribution < -0.4 is 0 Å². The fourth-order valence-electron chi connectivity index (χ4n) is 3.27. The minimum absolute atomic E-state index is 0.132. The lowest BCUT2D eigenvalue weighted by molar-refractivity contribution is 0.0701. The summed E-state index contributed by atoms with van der Waals surface area (Å²) in [6.07, 6.45) is 5.16. The summed E-state index contributed by atoms with van der Waals surface area (Å²) >= 11 is 5.99. The second-order valence-corrected chi connectivity index (χ2v) is 6.74. The van der Waals surface area contributed by atoms with Crippen molar-refractivity contribution in [3.8, 4) is 11.4 Å². The van der Waals surface area contributed by atoms with Crippen LogP contribution in [-0.4, -0.2) is 46.7 Å². The van der Waals surface area contributed by atoms with Crippen molar-refractivity contribution >= 4 is 23.0 Å². The Hall–Kier alpha value is -3.26. The zero-order valence-electron chi connectivity index (χ0n) is 14.2. The summed E-state index contributed by atoms with van der Waals surface area (Å²) in [5, 5.41) is 13.5. The average molecular weight is 380 g/mol. The Morgan fingerprint density at radius 2 is 2.07 bits per heavy atom. The fourth-order valence-corrected chi connectivity index (χ4v) is 3.42. The number of hydrogen-bond acceptors (Lipinski definition) is 5. The summed E-state index contributed by atoms with van der Waals surface area (Å²) in [5.41, 5.74) is 2.12. The minimum atomic E-state index is -0.132. The molecular weight excluding hydrogens is 366 g/mol. The maximum absolute atomic E-state index is 12.9. The normalized spacial score (nSPS) is 13.7. The first-order valence-corrected chi connectivity index (χ1v) is 8.83. The van der Waals surface area contributed by atoms with Crippen LogP contribution in [0.25, 0.3) is 16.9 Å². The van der Waals surface area contributed by atoms with E-state index in [9.17, 15) is 4.79 Å². The molecule has 1 amide bonds. The number of carbonyl (C=O) groups excluding carboxylic acids is 1. The highest BCUT2D eigenvalue weighted by Crippen LogP contribution is 2.22. The van der Waals surface area contributed by atoms with Crippen molar-refractivity contribution in [2.75, 3.05) is 6.54 Å². The molecule has 5 rings (SSSR count). The van der Waals surface area contributed by atoms with Gasteiger partial charge in [-0.1, -0.05) is 11.6 Å². The van der Waals surface area contributed by atoms with E-state index in [2.05, 4.69) is 20.3 Å². The van der Waals surface area contributed by atoms with Crippen molar-refractivity contribution in [2.24, 2.45) is 0 Å². The molecule has 1 aliphatic rings. The van der Waals surface area contributed by atoms with Crippen molar-refractivity contribution in [3.63, 3.8) is 0 Å². The van der Waals surface area contributed by atoms with Gasteiger partial charge < -0.3 is 9.47 Å². The van der Waals surface area contributed by atoms with Crippen molar-refractivity contribution < 1.29 is 4.79 Å². The third-order valence-electron chi connectivity index (χ3n) is 4.60. The molecule has 27 heavy (non-hydrogen) atoms. The number of aromatic nitrogens is 6. The van der Waals surface area contributed by atoms with Gasteiger partial charge in [0.2, 0.25) is 0 Å². The molecule has 0 aromatic carbocycles. The van der Waals surface area contributed by atoms with Gasteiger partial charge in [-0.05, 0) is 30.3 Å². The van der Waals surface area contributed by atoms with Gasteiger partial charge in [0.05, 0.1) is 17.1 Å². The van der Waals surface area contributed by atoms with Crippen LogP contribution in [0, 0.1) is 0 Å². The fraction of sp³-hybridized carbons (Fsp3) is 0.167. The van der Waals surface area contributed by atoms with E-state index >= 15 is 0 Å². The van der Waals surface area contributed by atoms with E-state index in [1.165, 1.54) is 0 Å². The van der Waals surface area contributed by atoms with Gasteiger partial charge in [0.15, 0.2) is 17.3 Å². The van der Waals surface area contributed by atoms with E-state index in [1.54, 1.807) is 40.1 Å². The predicted molar refractivity (Wildman–Crippen MR) is 98.2 cm³/mol. The Kier molecular flexibility index (Phi) is 3.64. The molecule has 4 aromatic rings. The SMILES string of the molecule is O=C(c1cc2ccc(Cl)cn2n1)N1CCn2c(nnc2-c2cccnc2)C1. The Morgan fingerprint density at radius 1 is 1.15 bits per heavy atom. The molecule has 9 heteroatoms. The van der Waals surface area contributed by atoms with Crippen molar-refractivity contribution in [2.45, 2.75) is 13.1 Å². The second kappa shape index (κ2) is 6.17. The van der Waals surface area contributed by atoms with Crippen LogP contribution in [0.5, 0.6) is 0 Å². The van der Waals surface area contributed by atoms with Crippen LogP contribution >= 0.6 is 11.6 Å². The van der Waals surface area contributed by atoms with Gasteiger partial charge in [-0.25, -0.2) is 4.52 Å². The van der Waals surface area contributed by atoms with E-state index in [0.29, 0.717) is 30.4 Å². The zero-order chi connectivity index (χ0) is 18.4. The van der Waals surface area contributed by atoms with Gasteiger partial charge >= 0.3 is 0 Å². The van der Waals surface area contributed by atoms with E-state index < -0.39 is 0 Å². The van der Waals surface area contributed by atoms with Crippen molar-refractivity contribution in [1.29, 1.82) is 0 Å². The highest BCUT2D eigenvalue weighted by atomic mass is 35.5. The summed E-state index contributed by atoms with van der Waals surface area (Å²) in [7, 11) is 0. The smallest absolute Gasteiger partial charge is 0.274 e. The van der Waals surface area contributed by atoms with Crippen LogP contribution in [-0.2, 0) is 13.1 Å². The topological polar surface area (TPSA) is 81.2 Å². The number of hydrogen-bond donors (Lipinski definition) is 0. The largest absolute Gasteiger partial charge is 0.328 e. The van der Waals surface area contributed by atoms with Gasteiger partial charge in [-0.3, -0.25) is 9.78 Å². The average Bonchev–Trinajstić information content (AvgIpc) is 3.31. The maximum Gasteiger partial charge on any atom is 0.274 e. The van der Waals surface area contributed by atoms with Crippen LogP contribution in [0.4, 0.5) is 0 Å². The summed E-state index contributed by atoms with van der Waals surface area (Å²) in [4.78, 5) is 18.8. The van der Waals surface area contributed by atoms with Crippen LogP contribution in [0.2, 0.25) is 5.02 Å². The number of nitrogens with zero attached hydrogens (tertiary/aromatic N) is 7. The number of pyridine rings is 2. The van der Waals surface area contributed by atoms with Crippen LogP contribution in [0.1, 0.15) is 16.3 Å². The number of amides is 1. The third-order valence-corrected chi connectivity index (χ3v) is 4.83. The molecule has 134 valence electrons. The first-order valence-electron chi connectivity index (χ1n) is 8.46. The molecule has 0 atom stereocenters. The number of halogens is 1. The van der Waals surface area contributed by atoms with Crippen molar-refractivity contribution in [3.05, 3.63) is 65.5 Å². The molecular formula is C18H14ClN7O. The maximum atomic E-state index is 12.9. The molecule has 5 heterocycles. The molecule has 0 unspecified atom stereocenters.